The van der Waals surface area contributed by atoms with Gasteiger partial charge < -0.3 is 10.2 Å². The van der Waals surface area contributed by atoms with E-state index in [1.54, 1.807) is 0 Å². The third-order valence-electron chi connectivity index (χ3n) is 5.35. The minimum Gasteiger partial charge on any atom is -0.335 e. The van der Waals surface area contributed by atoms with E-state index in [0.717, 1.165) is 51.6 Å². The van der Waals surface area contributed by atoms with E-state index in [-0.39, 0.29) is 5.91 Å². The summed E-state index contributed by atoms with van der Waals surface area (Å²) in [7, 11) is 0. The summed E-state index contributed by atoms with van der Waals surface area (Å²) in [6, 6.07) is 2.27. The SMILES string of the molecule is O=C(c1ccn(C2CCCNC2)n1)N1CCN(CC2CC2)CC1. The summed E-state index contributed by atoms with van der Waals surface area (Å²) in [5, 5.41) is 7.96. The lowest BCUT2D eigenvalue weighted by atomic mass is 10.1. The number of piperidine rings is 1. The maximum atomic E-state index is 12.7. The highest BCUT2D eigenvalue weighted by Gasteiger charge is 2.28. The molecule has 6 heteroatoms. The Bertz CT molecular complexity index is 539. The molecule has 0 radical (unpaired) electrons. The van der Waals surface area contributed by atoms with Crippen molar-refractivity contribution in [2.24, 2.45) is 5.92 Å². The molecule has 0 bridgehead atoms. The van der Waals surface area contributed by atoms with E-state index >= 15 is 0 Å². The predicted molar refractivity (Wildman–Crippen MR) is 88.4 cm³/mol. The Hall–Kier alpha value is -1.40. The van der Waals surface area contributed by atoms with Crippen LogP contribution in [0.5, 0.6) is 0 Å². The summed E-state index contributed by atoms with van der Waals surface area (Å²) in [5.41, 5.74) is 0.603. The minimum absolute atomic E-state index is 0.0959. The zero-order chi connectivity index (χ0) is 15.6. The maximum Gasteiger partial charge on any atom is 0.274 e. The minimum atomic E-state index is 0.0959. The number of rotatable bonds is 4. The first-order chi connectivity index (χ1) is 11.3. The van der Waals surface area contributed by atoms with Gasteiger partial charge in [-0.1, -0.05) is 0 Å². The zero-order valence-corrected chi connectivity index (χ0v) is 13.8. The van der Waals surface area contributed by atoms with E-state index in [2.05, 4.69) is 15.3 Å². The van der Waals surface area contributed by atoms with Crippen LogP contribution in [0.25, 0.3) is 0 Å². The van der Waals surface area contributed by atoms with Crippen molar-refractivity contribution in [1.82, 2.24) is 24.9 Å². The van der Waals surface area contributed by atoms with Crippen LogP contribution in [-0.2, 0) is 0 Å². The fourth-order valence-corrected chi connectivity index (χ4v) is 3.68. The van der Waals surface area contributed by atoms with Crippen LogP contribution in [0.4, 0.5) is 0 Å². The van der Waals surface area contributed by atoms with E-state index in [1.165, 1.54) is 25.8 Å². The van der Waals surface area contributed by atoms with Crippen LogP contribution < -0.4 is 5.32 Å². The van der Waals surface area contributed by atoms with Crippen molar-refractivity contribution in [3.05, 3.63) is 18.0 Å². The second-order valence-corrected chi connectivity index (χ2v) is 7.22. The monoisotopic (exact) mass is 317 g/mol. The molecule has 0 spiro atoms. The third kappa shape index (κ3) is 3.58. The number of carbonyl (C=O) groups is 1. The van der Waals surface area contributed by atoms with Gasteiger partial charge in [0.05, 0.1) is 6.04 Å². The van der Waals surface area contributed by atoms with Crippen molar-refractivity contribution in [3.63, 3.8) is 0 Å². The van der Waals surface area contributed by atoms with Crippen LogP contribution in [0.15, 0.2) is 12.3 Å². The van der Waals surface area contributed by atoms with E-state index in [0.29, 0.717) is 11.7 Å². The molecule has 1 N–H and O–H groups in total. The Morgan fingerprint density at radius 2 is 2.04 bits per heavy atom. The molecular weight excluding hydrogens is 290 g/mol. The molecule has 2 saturated heterocycles. The lowest BCUT2D eigenvalue weighted by molar-refractivity contribution is 0.0625. The predicted octanol–water partition coefficient (Wildman–Crippen LogP) is 0.975. The number of hydrogen-bond acceptors (Lipinski definition) is 4. The average molecular weight is 317 g/mol. The molecule has 0 aromatic carbocycles. The largest absolute Gasteiger partial charge is 0.335 e. The zero-order valence-electron chi connectivity index (χ0n) is 13.8. The number of hydrogen-bond donors (Lipinski definition) is 1. The lowest BCUT2D eigenvalue weighted by Gasteiger charge is -2.34. The number of amides is 1. The van der Waals surface area contributed by atoms with Crippen molar-refractivity contribution < 1.29 is 4.79 Å². The molecule has 3 fully saturated rings. The average Bonchev–Trinajstić information content (AvgIpc) is 3.27. The quantitative estimate of drug-likeness (QED) is 0.899. The van der Waals surface area contributed by atoms with Crippen LogP contribution >= 0.6 is 0 Å². The molecule has 4 rings (SSSR count). The summed E-state index contributed by atoms with van der Waals surface area (Å²) >= 11 is 0. The second-order valence-electron chi connectivity index (χ2n) is 7.22. The Labute approximate surface area is 137 Å². The van der Waals surface area contributed by atoms with Crippen LogP contribution in [0, 0.1) is 5.92 Å². The number of nitrogens with zero attached hydrogens (tertiary/aromatic N) is 4. The maximum absolute atomic E-state index is 12.7. The Kier molecular flexibility index (Phi) is 4.35. The van der Waals surface area contributed by atoms with E-state index < -0.39 is 0 Å². The van der Waals surface area contributed by atoms with Gasteiger partial charge in [-0.3, -0.25) is 14.4 Å². The topological polar surface area (TPSA) is 53.4 Å². The smallest absolute Gasteiger partial charge is 0.274 e. The van der Waals surface area contributed by atoms with Crippen LogP contribution in [-0.4, -0.2) is 71.3 Å². The molecule has 3 aliphatic rings. The van der Waals surface area contributed by atoms with Crippen molar-refractivity contribution >= 4 is 5.91 Å². The molecular formula is C17H27N5O. The Morgan fingerprint density at radius 3 is 2.74 bits per heavy atom. The van der Waals surface area contributed by atoms with Gasteiger partial charge in [-0.2, -0.15) is 5.10 Å². The summed E-state index contributed by atoms with van der Waals surface area (Å²) in [4.78, 5) is 17.1. The fourth-order valence-electron chi connectivity index (χ4n) is 3.68. The van der Waals surface area contributed by atoms with Gasteiger partial charge in [0, 0.05) is 45.5 Å². The molecule has 23 heavy (non-hydrogen) atoms. The highest BCUT2D eigenvalue weighted by Crippen LogP contribution is 2.30. The first kappa shape index (κ1) is 15.1. The second kappa shape index (κ2) is 6.61. The third-order valence-corrected chi connectivity index (χ3v) is 5.35. The number of nitrogens with one attached hydrogen (secondary N) is 1. The molecule has 1 saturated carbocycles. The van der Waals surface area contributed by atoms with Gasteiger partial charge in [-0.15, -0.1) is 0 Å². The molecule has 1 amide bonds. The van der Waals surface area contributed by atoms with Crippen LogP contribution in [0.3, 0.4) is 0 Å². The molecule has 1 unspecified atom stereocenters. The Morgan fingerprint density at radius 1 is 1.22 bits per heavy atom. The first-order valence-electron chi connectivity index (χ1n) is 9.07. The Balaban J connectivity index is 1.32. The lowest BCUT2D eigenvalue weighted by Crippen LogP contribution is -2.49. The molecule has 126 valence electrons. The van der Waals surface area contributed by atoms with Gasteiger partial charge in [-0.05, 0) is 44.2 Å². The highest BCUT2D eigenvalue weighted by molar-refractivity contribution is 5.92. The van der Waals surface area contributed by atoms with Gasteiger partial charge in [0.25, 0.3) is 5.91 Å². The van der Waals surface area contributed by atoms with Crippen molar-refractivity contribution in [2.75, 3.05) is 45.8 Å². The number of carbonyl (C=O) groups excluding carboxylic acids is 1. The normalized spacial score (nSPS) is 26.4. The fraction of sp³-hybridized carbons (Fsp3) is 0.765. The first-order valence-corrected chi connectivity index (χ1v) is 9.07. The molecule has 3 heterocycles. The molecule has 1 aromatic rings. The molecule has 1 aromatic heterocycles. The summed E-state index contributed by atoms with van der Waals surface area (Å²) in [6.07, 6.45) is 7.08. The summed E-state index contributed by atoms with van der Waals surface area (Å²) < 4.78 is 1.97. The van der Waals surface area contributed by atoms with Crippen molar-refractivity contribution in [1.29, 1.82) is 0 Å². The number of piperazine rings is 1. The molecule has 6 nitrogen and oxygen atoms in total. The van der Waals surface area contributed by atoms with E-state index in [9.17, 15) is 4.79 Å². The number of aromatic nitrogens is 2. The van der Waals surface area contributed by atoms with E-state index in [1.807, 2.05) is 21.8 Å². The summed E-state index contributed by atoms with van der Waals surface area (Å²) in [5.74, 6) is 1.02. The molecule has 1 atom stereocenters. The van der Waals surface area contributed by atoms with Crippen LogP contribution in [0.1, 0.15) is 42.2 Å². The van der Waals surface area contributed by atoms with Gasteiger partial charge in [0.1, 0.15) is 5.69 Å². The summed E-state index contributed by atoms with van der Waals surface area (Å²) in [6.45, 7) is 6.97. The van der Waals surface area contributed by atoms with Gasteiger partial charge in [-0.25, -0.2) is 0 Å². The van der Waals surface area contributed by atoms with Crippen molar-refractivity contribution in [3.8, 4) is 0 Å². The molecule has 2 aliphatic heterocycles. The van der Waals surface area contributed by atoms with Gasteiger partial charge >= 0.3 is 0 Å². The standard InChI is InChI=1S/C17H27N5O/c23-17(21-10-8-20(9-11-21)13-14-3-4-14)16-5-7-22(19-16)15-2-1-6-18-12-15/h5,7,14-15,18H,1-4,6,8-13H2. The van der Waals surface area contributed by atoms with Gasteiger partial charge in [0.2, 0.25) is 0 Å². The van der Waals surface area contributed by atoms with E-state index in [4.69, 9.17) is 0 Å². The van der Waals surface area contributed by atoms with Crippen LogP contribution in [0.2, 0.25) is 0 Å². The van der Waals surface area contributed by atoms with Crippen molar-refractivity contribution in [2.45, 2.75) is 31.7 Å². The van der Waals surface area contributed by atoms with Gasteiger partial charge in [0.15, 0.2) is 0 Å². The molecule has 1 aliphatic carbocycles. The highest BCUT2D eigenvalue weighted by atomic mass is 16.2.